The molecule has 0 aliphatic heterocycles. The van der Waals surface area contributed by atoms with Crippen molar-refractivity contribution in [3.8, 4) is 0 Å². The van der Waals surface area contributed by atoms with Gasteiger partial charge in [0.15, 0.2) is 0 Å². The van der Waals surface area contributed by atoms with Crippen molar-refractivity contribution < 1.29 is 23.5 Å². The Morgan fingerprint density at radius 1 is 1.32 bits per heavy atom. The zero-order chi connectivity index (χ0) is 14.4. The van der Waals surface area contributed by atoms with E-state index in [0.717, 1.165) is 18.2 Å². The monoisotopic (exact) mass is 272 g/mol. The number of benzene rings is 1. The molecule has 0 heterocycles. The maximum absolute atomic E-state index is 13.3. The zero-order valence-electron chi connectivity index (χ0n) is 10.2. The number of rotatable bonds is 5. The summed E-state index contributed by atoms with van der Waals surface area (Å²) >= 11 is 0. The van der Waals surface area contributed by atoms with Gasteiger partial charge in [0.1, 0.15) is 23.4 Å². The summed E-state index contributed by atoms with van der Waals surface area (Å²) in [7, 11) is 0. The molecule has 0 radical (unpaired) electrons. The molecule has 19 heavy (non-hydrogen) atoms. The molecule has 0 spiro atoms. The number of hydrogen-bond donors (Lipinski definition) is 3. The van der Waals surface area contributed by atoms with Gasteiger partial charge in [-0.3, -0.25) is 0 Å². The molecular weight excluding hydrogens is 258 g/mol. The van der Waals surface area contributed by atoms with Crippen LogP contribution in [0.25, 0.3) is 0 Å². The number of carboxylic acids is 1. The van der Waals surface area contributed by atoms with Crippen LogP contribution in [0.1, 0.15) is 19.8 Å². The van der Waals surface area contributed by atoms with E-state index in [1.807, 2.05) is 5.32 Å². The van der Waals surface area contributed by atoms with Crippen LogP contribution in [0.3, 0.4) is 0 Å². The first-order chi connectivity index (χ1) is 8.95. The van der Waals surface area contributed by atoms with Gasteiger partial charge in [-0.15, -0.1) is 0 Å². The lowest BCUT2D eigenvalue weighted by atomic mass is 10.2. The van der Waals surface area contributed by atoms with Gasteiger partial charge in [-0.05, 0) is 18.6 Å². The Bertz CT molecular complexity index is 460. The Kier molecular flexibility index (Phi) is 5.23. The van der Waals surface area contributed by atoms with Crippen molar-refractivity contribution in [2.75, 3.05) is 5.32 Å². The normalized spacial score (nSPS) is 11.7. The van der Waals surface area contributed by atoms with Crippen molar-refractivity contribution >= 4 is 17.7 Å². The molecule has 0 unspecified atom stereocenters. The minimum absolute atomic E-state index is 0.225. The number of carboxylic acid groups (broad SMARTS) is 1. The van der Waals surface area contributed by atoms with E-state index >= 15 is 0 Å². The SMILES string of the molecule is CCC[C@H](NC(=O)Nc1c(F)cccc1F)C(=O)O. The van der Waals surface area contributed by atoms with E-state index in [2.05, 4.69) is 5.32 Å². The molecule has 2 amide bonds. The predicted molar refractivity (Wildman–Crippen MR) is 64.8 cm³/mol. The molecule has 104 valence electrons. The summed E-state index contributed by atoms with van der Waals surface area (Å²) in [6.07, 6.45) is 0.772. The summed E-state index contributed by atoms with van der Waals surface area (Å²) in [5.41, 5.74) is -0.611. The quantitative estimate of drug-likeness (QED) is 0.769. The highest BCUT2D eigenvalue weighted by Crippen LogP contribution is 2.17. The first-order valence-corrected chi connectivity index (χ1v) is 5.70. The number of carbonyl (C=O) groups excluding carboxylic acids is 1. The van der Waals surface area contributed by atoms with Crippen LogP contribution in [-0.2, 0) is 4.79 Å². The zero-order valence-corrected chi connectivity index (χ0v) is 10.2. The highest BCUT2D eigenvalue weighted by Gasteiger charge is 2.20. The van der Waals surface area contributed by atoms with Gasteiger partial charge in [0, 0.05) is 0 Å². The number of amides is 2. The second-order valence-electron chi connectivity index (χ2n) is 3.87. The highest BCUT2D eigenvalue weighted by atomic mass is 19.1. The third kappa shape index (κ3) is 4.20. The smallest absolute Gasteiger partial charge is 0.326 e. The van der Waals surface area contributed by atoms with Crippen LogP contribution in [0.4, 0.5) is 19.3 Å². The molecular formula is C12H14F2N2O3. The molecule has 1 aromatic carbocycles. The van der Waals surface area contributed by atoms with Gasteiger partial charge in [0.25, 0.3) is 0 Å². The maximum Gasteiger partial charge on any atom is 0.326 e. The number of para-hydroxylation sites is 1. The summed E-state index contributed by atoms with van der Waals surface area (Å²) in [5, 5.41) is 12.9. The number of halogens is 2. The topological polar surface area (TPSA) is 78.4 Å². The molecule has 0 saturated carbocycles. The van der Waals surface area contributed by atoms with Gasteiger partial charge in [-0.25, -0.2) is 18.4 Å². The number of anilines is 1. The lowest BCUT2D eigenvalue weighted by Crippen LogP contribution is -2.43. The van der Waals surface area contributed by atoms with Crippen molar-refractivity contribution in [2.24, 2.45) is 0 Å². The fraction of sp³-hybridized carbons (Fsp3) is 0.333. The average molecular weight is 272 g/mol. The molecule has 7 heteroatoms. The van der Waals surface area contributed by atoms with Crippen LogP contribution in [0, 0.1) is 11.6 Å². The Hall–Kier alpha value is -2.18. The number of aliphatic carboxylic acids is 1. The van der Waals surface area contributed by atoms with Crippen LogP contribution in [-0.4, -0.2) is 23.1 Å². The van der Waals surface area contributed by atoms with Crippen LogP contribution >= 0.6 is 0 Å². The maximum atomic E-state index is 13.3. The van der Waals surface area contributed by atoms with Gasteiger partial charge in [-0.1, -0.05) is 19.4 Å². The van der Waals surface area contributed by atoms with E-state index in [9.17, 15) is 18.4 Å². The summed E-state index contributed by atoms with van der Waals surface area (Å²) in [6, 6.07) is 1.06. The number of carbonyl (C=O) groups is 2. The molecule has 5 nitrogen and oxygen atoms in total. The van der Waals surface area contributed by atoms with Crippen LogP contribution in [0.5, 0.6) is 0 Å². The highest BCUT2D eigenvalue weighted by molar-refractivity contribution is 5.92. The summed E-state index contributed by atoms with van der Waals surface area (Å²) in [4.78, 5) is 22.3. The fourth-order valence-corrected chi connectivity index (χ4v) is 1.47. The van der Waals surface area contributed by atoms with Gasteiger partial charge < -0.3 is 15.7 Å². The minimum atomic E-state index is -1.20. The van der Waals surface area contributed by atoms with Crippen LogP contribution in [0.15, 0.2) is 18.2 Å². The third-order valence-corrected chi connectivity index (χ3v) is 2.38. The number of nitrogens with one attached hydrogen (secondary N) is 2. The van der Waals surface area contributed by atoms with Crippen molar-refractivity contribution in [1.82, 2.24) is 5.32 Å². The second-order valence-corrected chi connectivity index (χ2v) is 3.87. The molecule has 0 saturated heterocycles. The van der Waals surface area contributed by atoms with Crippen molar-refractivity contribution in [3.05, 3.63) is 29.8 Å². The van der Waals surface area contributed by atoms with E-state index in [0.29, 0.717) is 6.42 Å². The molecule has 0 fully saturated rings. The van der Waals surface area contributed by atoms with Gasteiger partial charge in [0.05, 0.1) is 0 Å². The van der Waals surface area contributed by atoms with Gasteiger partial charge >= 0.3 is 12.0 Å². The molecule has 0 bridgehead atoms. The van der Waals surface area contributed by atoms with Gasteiger partial charge in [0.2, 0.25) is 0 Å². The molecule has 0 aromatic heterocycles. The fourth-order valence-electron chi connectivity index (χ4n) is 1.47. The number of hydrogen-bond acceptors (Lipinski definition) is 2. The summed E-state index contributed by atoms with van der Waals surface area (Å²) in [6.45, 7) is 1.76. The van der Waals surface area contributed by atoms with Crippen molar-refractivity contribution in [3.63, 3.8) is 0 Å². The third-order valence-electron chi connectivity index (χ3n) is 2.38. The van der Waals surface area contributed by atoms with E-state index in [4.69, 9.17) is 5.11 Å². The molecule has 0 aliphatic rings. The van der Waals surface area contributed by atoms with E-state index in [1.165, 1.54) is 0 Å². The molecule has 1 atom stereocenters. The van der Waals surface area contributed by atoms with Crippen LogP contribution in [0.2, 0.25) is 0 Å². The minimum Gasteiger partial charge on any atom is -0.480 e. The Morgan fingerprint density at radius 3 is 2.37 bits per heavy atom. The summed E-state index contributed by atoms with van der Waals surface area (Å²) in [5.74, 6) is -3.07. The lowest BCUT2D eigenvalue weighted by Gasteiger charge is -2.14. The van der Waals surface area contributed by atoms with E-state index < -0.39 is 35.4 Å². The van der Waals surface area contributed by atoms with Crippen LogP contribution < -0.4 is 10.6 Å². The standard InChI is InChI=1S/C12H14F2N2O3/c1-2-4-9(11(17)18)15-12(19)16-10-7(13)5-3-6-8(10)14/h3,5-6,9H,2,4H2,1H3,(H,17,18)(H2,15,16,19)/t9-/m0/s1. The molecule has 1 aromatic rings. The second kappa shape index (κ2) is 6.67. The predicted octanol–water partition coefficient (Wildman–Crippen LogP) is 2.34. The Morgan fingerprint density at radius 2 is 1.89 bits per heavy atom. The summed E-state index contributed by atoms with van der Waals surface area (Å²) < 4.78 is 26.5. The molecule has 1 rings (SSSR count). The van der Waals surface area contributed by atoms with Gasteiger partial charge in [-0.2, -0.15) is 0 Å². The van der Waals surface area contributed by atoms with E-state index in [1.54, 1.807) is 6.92 Å². The molecule has 0 aliphatic carbocycles. The molecule has 3 N–H and O–H groups in total. The lowest BCUT2D eigenvalue weighted by molar-refractivity contribution is -0.139. The number of urea groups is 1. The largest absolute Gasteiger partial charge is 0.480 e. The Balaban J connectivity index is 2.72. The first kappa shape index (κ1) is 14.9. The first-order valence-electron chi connectivity index (χ1n) is 5.70. The average Bonchev–Trinajstić information content (AvgIpc) is 2.33. The Labute approximate surface area is 108 Å². The van der Waals surface area contributed by atoms with Crippen molar-refractivity contribution in [2.45, 2.75) is 25.8 Å². The van der Waals surface area contributed by atoms with Crippen molar-refractivity contribution in [1.29, 1.82) is 0 Å². The van der Waals surface area contributed by atoms with E-state index in [-0.39, 0.29) is 6.42 Å².